The van der Waals surface area contributed by atoms with Gasteiger partial charge in [0.1, 0.15) is 0 Å². The summed E-state index contributed by atoms with van der Waals surface area (Å²) in [4.78, 5) is 29.4. The number of hydrogen-bond donors (Lipinski definition) is 0. The topological polar surface area (TPSA) is 40.6 Å². The second-order valence-electron chi connectivity index (χ2n) is 7.34. The fourth-order valence-electron chi connectivity index (χ4n) is 4.36. The fraction of sp³-hybridized carbons (Fsp3) is 0.889. The number of nitrogens with zero attached hydrogens (tertiary/aromatic N) is 2. The van der Waals surface area contributed by atoms with E-state index in [9.17, 15) is 9.59 Å². The van der Waals surface area contributed by atoms with Crippen LogP contribution in [0.2, 0.25) is 0 Å². The largest absolute Gasteiger partial charge is 0.342 e. The molecule has 0 aromatic rings. The van der Waals surface area contributed by atoms with Gasteiger partial charge in [-0.3, -0.25) is 9.59 Å². The van der Waals surface area contributed by atoms with Gasteiger partial charge in [0.25, 0.3) is 0 Å². The molecular weight excluding hydrogens is 276 g/mol. The molecule has 2 heterocycles. The minimum atomic E-state index is 0.0550. The third-order valence-corrected chi connectivity index (χ3v) is 5.70. The Hall–Kier alpha value is -1.06. The second kappa shape index (κ2) is 7.47. The quantitative estimate of drug-likeness (QED) is 0.787. The maximum atomic E-state index is 12.7. The van der Waals surface area contributed by atoms with E-state index in [0.29, 0.717) is 18.4 Å². The van der Waals surface area contributed by atoms with E-state index in [-0.39, 0.29) is 11.8 Å². The Balaban J connectivity index is 1.56. The predicted octanol–water partition coefficient (Wildman–Crippen LogP) is 2.82. The molecular formula is C18H30N2O2. The minimum absolute atomic E-state index is 0.0550. The first-order chi connectivity index (χ1) is 10.8. The molecule has 0 N–H and O–H groups in total. The molecule has 124 valence electrons. The zero-order valence-electron chi connectivity index (χ0n) is 13.8. The molecule has 4 heteroatoms. The first kappa shape index (κ1) is 15.8. The van der Waals surface area contributed by atoms with Crippen LogP contribution in [0.25, 0.3) is 0 Å². The Labute approximate surface area is 134 Å². The van der Waals surface area contributed by atoms with Crippen molar-refractivity contribution >= 4 is 11.8 Å². The summed E-state index contributed by atoms with van der Waals surface area (Å²) in [6.45, 7) is 3.38. The summed E-state index contributed by atoms with van der Waals surface area (Å²) in [7, 11) is 0. The predicted molar refractivity (Wildman–Crippen MR) is 86.3 cm³/mol. The van der Waals surface area contributed by atoms with Crippen molar-refractivity contribution in [1.29, 1.82) is 0 Å². The SMILES string of the molecule is O=C(C1CCCCC1)N1CCC[C@@H](C(=O)N2CCCCC2)C1. The molecule has 0 spiro atoms. The van der Waals surface area contributed by atoms with E-state index >= 15 is 0 Å². The van der Waals surface area contributed by atoms with Crippen molar-refractivity contribution in [2.75, 3.05) is 26.2 Å². The zero-order chi connectivity index (χ0) is 15.4. The highest BCUT2D eigenvalue weighted by atomic mass is 16.2. The van der Waals surface area contributed by atoms with Gasteiger partial charge in [-0.2, -0.15) is 0 Å². The van der Waals surface area contributed by atoms with Crippen molar-refractivity contribution in [3.8, 4) is 0 Å². The van der Waals surface area contributed by atoms with Crippen LogP contribution in [0.1, 0.15) is 64.2 Å². The van der Waals surface area contributed by atoms with Gasteiger partial charge in [0.05, 0.1) is 5.92 Å². The van der Waals surface area contributed by atoms with Crippen molar-refractivity contribution in [2.24, 2.45) is 11.8 Å². The van der Waals surface area contributed by atoms with Crippen LogP contribution in [0.15, 0.2) is 0 Å². The number of hydrogen-bond acceptors (Lipinski definition) is 2. The maximum absolute atomic E-state index is 12.7. The van der Waals surface area contributed by atoms with Crippen molar-refractivity contribution in [1.82, 2.24) is 9.80 Å². The fourth-order valence-corrected chi connectivity index (χ4v) is 4.36. The van der Waals surface area contributed by atoms with Gasteiger partial charge in [-0.1, -0.05) is 19.3 Å². The number of piperidine rings is 2. The number of carbonyl (C=O) groups excluding carboxylic acids is 2. The molecule has 2 amide bonds. The molecule has 1 saturated carbocycles. The average molecular weight is 306 g/mol. The summed E-state index contributed by atoms with van der Waals surface area (Å²) in [6.07, 6.45) is 11.3. The van der Waals surface area contributed by atoms with Gasteiger partial charge in [-0.25, -0.2) is 0 Å². The summed E-state index contributed by atoms with van der Waals surface area (Å²) in [5, 5.41) is 0. The minimum Gasteiger partial charge on any atom is -0.342 e. The molecule has 3 rings (SSSR count). The average Bonchev–Trinajstić information content (AvgIpc) is 2.62. The number of likely N-dealkylation sites (tertiary alicyclic amines) is 2. The molecule has 0 bridgehead atoms. The number of carbonyl (C=O) groups is 2. The molecule has 22 heavy (non-hydrogen) atoms. The van der Waals surface area contributed by atoms with Crippen LogP contribution in [-0.4, -0.2) is 47.8 Å². The van der Waals surface area contributed by atoms with Crippen LogP contribution in [0.4, 0.5) is 0 Å². The van der Waals surface area contributed by atoms with E-state index in [1.54, 1.807) is 0 Å². The van der Waals surface area contributed by atoms with Crippen LogP contribution < -0.4 is 0 Å². The molecule has 1 atom stereocenters. The summed E-state index contributed by atoms with van der Waals surface area (Å²) < 4.78 is 0. The van der Waals surface area contributed by atoms with E-state index < -0.39 is 0 Å². The summed E-state index contributed by atoms with van der Waals surface area (Å²) in [5.74, 6) is 0.925. The molecule has 0 aromatic carbocycles. The van der Waals surface area contributed by atoms with Gasteiger partial charge in [0.2, 0.25) is 11.8 Å². The zero-order valence-corrected chi connectivity index (χ0v) is 13.8. The summed E-state index contributed by atoms with van der Waals surface area (Å²) >= 11 is 0. The lowest BCUT2D eigenvalue weighted by Crippen LogP contribution is -2.49. The van der Waals surface area contributed by atoms with Crippen LogP contribution >= 0.6 is 0 Å². The van der Waals surface area contributed by atoms with E-state index in [4.69, 9.17) is 0 Å². The highest BCUT2D eigenvalue weighted by Gasteiger charge is 2.34. The second-order valence-corrected chi connectivity index (χ2v) is 7.34. The third kappa shape index (κ3) is 3.64. The molecule has 3 fully saturated rings. The van der Waals surface area contributed by atoms with Gasteiger partial charge in [-0.15, -0.1) is 0 Å². The summed E-state index contributed by atoms with van der Waals surface area (Å²) in [5.41, 5.74) is 0. The first-order valence-corrected chi connectivity index (χ1v) is 9.33. The third-order valence-electron chi connectivity index (χ3n) is 5.70. The normalized spacial score (nSPS) is 27.7. The molecule has 0 unspecified atom stereocenters. The monoisotopic (exact) mass is 306 g/mol. The van der Waals surface area contributed by atoms with Crippen molar-refractivity contribution in [3.63, 3.8) is 0 Å². The molecule has 4 nitrogen and oxygen atoms in total. The van der Waals surface area contributed by atoms with Gasteiger partial charge in [0, 0.05) is 32.1 Å². The molecule has 3 aliphatic rings. The van der Waals surface area contributed by atoms with Crippen LogP contribution in [0, 0.1) is 11.8 Å². The Bertz CT molecular complexity index is 362. The number of rotatable bonds is 2. The van der Waals surface area contributed by atoms with E-state index in [2.05, 4.69) is 0 Å². The van der Waals surface area contributed by atoms with Crippen molar-refractivity contribution in [2.45, 2.75) is 64.2 Å². The lowest BCUT2D eigenvalue weighted by Gasteiger charge is -2.38. The smallest absolute Gasteiger partial charge is 0.227 e. The lowest BCUT2D eigenvalue weighted by atomic mass is 9.87. The van der Waals surface area contributed by atoms with Crippen molar-refractivity contribution in [3.05, 3.63) is 0 Å². The maximum Gasteiger partial charge on any atom is 0.227 e. The van der Waals surface area contributed by atoms with E-state index in [1.807, 2.05) is 9.80 Å². The molecule has 2 saturated heterocycles. The molecule has 0 aromatic heterocycles. The Morgan fingerprint density at radius 3 is 1.86 bits per heavy atom. The Kier molecular flexibility index (Phi) is 5.37. The van der Waals surface area contributed by atoms with Gasteiger partial charge >= 0.3 is 0 Å². The van der Waals surface area contributed by atoms with Crippen LogP contribution in [-0.2, 0) is 9.59 Å². The number of amides is 2. The lowest BCUT2D eigenvalue weighted by molar-refractivity contribution is -0.143. The van der Waals surface area contributed by atoms with Gasteiger partial charge < -0.3 is 9.80 Å². The van der Waals surface area contributed by atoms with Crippen LogP contribution in [0.5, 0.6) is 0 Å². The molecule has 2 aliphatic heterocycles. The van der Waals surface area contributed by atoms with Gasteiger partial charge in [-0.05, 0) is 44.9 Å². The molecule has 0 radical (unpaired) electrons. The van der Waals surface area contributed by atoms with E-state index in [1.165, 1.54) is 25.7 Å². The van der Waals surface area contributed by atoms with Gasteiger partial charge in [0.15, 0.2) is 0 Å². The van der Waals surface area contributed by atoms with Crippen LogP contribution in [0.3, 0.4) is 0 Å². The standard InChI is InChI=1S/C18H30N2O2/c21-17(15-8-3-1-4-9-15)20-13-7-10-16(14-20)18(22)19-11-5-2-6-12-19/h15-16H,1-14H2/t16-/m1/s1. The first-order valence-electron chi connectivity index (χ1n) is 9.33. The molecule has 1 aliphatic carbocycles. The highest BCUT2D eigenvalue weighted by Crippen LogP contribution is 2.28. The Morgan fingerprint density at radius 1 is 0.591 bits per heavy atom. The Morgan fingerprint density at radius 2 is 1.14 bits per heavy atom. The van der Waals surface area contributed by atoms with Crippen molar-refractivity contribution < 1.29 is 9.59 Å². The van der Waals surface area contributed by atoms with E-state index in [0.717, 1.165) is 58.2 Å². The highest BCUT2D eigenvalue weighted by molar-refractivity contribution is 5.82. The summed E-state index contributed by atoms with van der Waals surface area (Å²) in [6, 6.07) is 0.